The highest BCUT2D eigenvalue weighted by molar-refractivity contribution is 6.42. The van der Waals surface area contributed by atoms with Crippen LogP contribution in [0, 0.1) is 13.8 Å². The third-order valence-corrected chi connectivity index (χ3v) is 4.39. The Morgan fingerprint density at radius 3 is 2.62 bits per heavy atom. The Kier molecular flexibility index (Phi) is 6.95. The molecule has 24 heavy (non-hydrogen) atoms. The summed E-state index contributed by atoms with van der Waals surface area (Å²) in [6.45, 7) is 4.96. The van der Waals surface area contributed by atoms with E-state index in [9.17, 15) is 4.79 Å². The molecule has 2 aromatic carbocycles. The van der Waals surface area contributed by atoms with Crippen molar-refractivity contribution in [1.29, 1.82) is 0 Å². The van der Waals surface area contributed by atoms with E-state index in [-0.39, 0.29) is 5.91 Å². The van der Waals surface area contributed by atoms with Gasteiger partial charge in [-0.15, -0.1) is 0 Å². The molecular formula is C19H21Cl2NO2. The highest BCUT2D eigenvalue weighted by Gasteiger charge is 2.05. The van der Waals surface area contributed by atoms with Gasteiger partial charge in [-0.25, -0.2) is 0 Å². The van der Waals surface area contributed by atoms with Crippen LogP contribution in [0.5, 0.6) is 5.75 Å². The summed E-state index contributed by atoms with van der Waals surface area (Å²) in [5.74, 6) is 0.852. The largest absolute Gasteiger partial charge is 0.491 e. The number of halogens is 2. The average Bonchev–Trinajstić information content (AvgIpc) is 2.55. The average molecular weight is 366 g/mol. The summed E-state index contributed by atoms with van der Waals surface area (Å²) in [7, 11) is 0. The van der Waals surface area contributed by atoms with E-state index in [1.165, 1.54) is 0 Å². The van der Waals surface area contributed by atoms with E-state index in [1.807, 2.05) is 38.1 Å². The quantitative estimate of drug-likeness (QED) is 0.719. The van der Waals surface area contributed by atoms with E-state index in [0.29, 0.717) is 36.0 Å². The maximum absolute atomic E-state index is 11.9. The number of carbonyl (C=O) groups is 1. The van der Waals surface area contributed by atoms with E-state index < -0.39 is 0 Å². The fourth-order valence-corrected chi connectivity index (χ4v) is 2.58. The van der Waals surface area contributed by atoms with Crippen LogP contribution >= 0.6 is 23.2 Å². The number of rotatable bonds is 7. The minimum absolute atomic E-state index is 0.00867. The first-order valence-corrected chi connectivity index (χ1v) is 8.62. The van der Waals surface area contributed by atoms with Crippen LogP contribution in [0.3, 0.4) is 0 Å². The molecule has 0 aliphatic carbocycles. The summed E-state index contributed by atoms with van der Waals surface area (Å²) in [5, 5.41) is 3.89. The van der Waals surface area contributed by atoms with Gasteiger partial charge in [0.15, 0.2) is 0 Å². The van der Waals surface area contributed by atoms with Crippen LogP contribution in [-0.4, -0.2) is 19.1 Å². The Balaban J connectivity index is 1.69. The molecule has 0 radical (unpaired) electrons. The highest BCUT2D eigenvalue weighted by Crippen LogP contribution is 2.23. The molecule has 1 N–H and O–H groups in total. The number of ether oxygens (including phenoxy) is 1. The molecule has 0 spiro atoms. The maximum atomic E-state index is 11.9. The van der Waals surface area contributed by atoms with Gasteiger partial charge in [-0.1, -0.05) is 41.4 Å². The van der Waals surface area contributed by atoms with Crippen molar-refractivity contribution in [1.82, 2.24) is 5.32 Å². The van der Waals surface area contributed by atoms with Crippen molar-refractivity contribution in [2.45, 2.75) is 26.7 Å². The zero-order valence-electron chi connectivity index (χ0n) is 13.9. The Hall–Kier alpha value is -1.71. The van der Waals surface area contributed by atoms with Crippen molar-refractivity contribution in [3.05, 3.63) is 63.1 Å². The van der Waals surface area contributed by atoms with Crippen LogP contribution in [0.15, 0.2) is 36.4 Å². The van der Waals surface area contributed by atoms with Crippen LogP contribution in [0.25, 0.3) is 0 Å². The Labute approximate surface area is 152 Å². The molecule has 5 heteroatoms. The van der Waals surface area contributed by atoms with Gasteiger partial charge in [-0.2, -0.15) is 0 Å². The first kappa shape index (κ1) is 18.6. The van der Waals surface area contributed by atoms with Gasteiger partial charge in [0, 0.05) is 6.42 Å². The molecule has 2 rings (SSSR count). The van der Waals surface area contributed by atoms with Crippen molar-refractivity contribution in [3.63, 3.8) is 0 Å². The maximum Gasteiger partial charge on any atom is 0.220 e. The van der Waals surface area contributed by atoms with Gasteiger partial charge >= 0.3 is 0 Å². The zero-order chi connectivity index (χ0) is 17.5. The summed E-state index contributed by atoms with van der Waals surface area (Å²) >= 11 is 11.8. The lowest BCUT2D eigenvalue weighted by Crippen LogP contribution is -2.28. The molecular weight excluding hydrogens is 345 g/mol. The molecule has 0 aromatic heterocycles. The Morgan fingerprint density at radius 1 is 1.08 bits per heavy atom. The van der Waals surface area contributed by atoms with Crippen LogP contribution in [0.4, 0.5) is 0 Å². The summed E-state index contributed by atoms with van der Waals surface area (Å²) in [4.78, 5) is 11.9. The first-order chi connectivity index (χ1) is 11.5. The molecule has 1 amide bonds. The van der Waals surface area contributed by atoms with Gasteiger partial charge < -0.3 is 10.1 Å². The summed E-state index contributed by atoms with van der Waals surface area (Å²) in [5.41, 5.74) is 3.24. The molecule has 3 nitrogen and oxygen atoms in total. The van der Waals surface area contributed by atoms with Gasteiger partial charge in [-0.05, 0) is 55.2 Å². The number of hydrogen-bond acceptors (Lipinski definition) is 2. The molecule has 0 saturated carbocycles. The Morgan fingerprint density at radius 2 is 1.88 bits per heavy atom. The SMILES string of the molecule is Cc1ccc(C)c(OCCNC(=O)CCc2ccc(Cl)c(Cl)c2)c1. The van der Waals surface area contributed by atoms with E-state index in [2.05, 4.69) is 5.32 Å². The molecule has 0 atom stereocenters. The predicted octanol–water partition coefficient (Wildman–Crippen LogP) is 4.74. The minimum atomic E-state index is -0.00867. The van der Waals surface area contributed by atoms with Gasteiger partial charge in [-0.3, -0.25) is 4.79 Å². The van der Waals surface area contributed by atoms with E-state index >= 15 is 0 Å². The summed E-state index contributed by atoms with van der Waals surface area (Å²) in [6.07, 6.45) is 1.03. The van der Waals surface area contributed by atoms with Crippen LogP contribution in [-0.2, 0) is 11.2 Å². The molecule has 128 valence electrons. The lowest BCUT2D eigenvalue weighted by atomic mass is 10.1. The number of benzene rings is 2. The summed E-state index contributed by atoms with van der Waals surface area (Å²) in [6, 6.07) is 11.5. The van der Waals surface area contributed by atoms with Gasteiger partial charge in [0.1, 0.15) is 12.4 Å². The second kappa shape index (κ2) is 8.95. The smallest absolute Gasteiger partial charge is 0.220 e. The van der Waals surface area contributed by atoms with Crippen molar-refractivity contribution < 1.29 is 9.53 Å². The monoisotopic (exact) mass is 365 g/mol. The predicted molar refractivity (Wildman–Crippen MR) is 99.2 cm³/mol. The second-order valence-electron chi connectivity index (χ2n) is 5.72. The Bertz CT molecular complexity index is 717. The third kappa shape index (κ3) is 5.73. The van der Waals surface area contributed by atoms with Crippen LogP contribution in [0.2, 0.25) is 10.0 Å². The van der Waals surface area contributed by atoms with Gasteiger partial charge in [0.25, 0.3) is 0 Å². The van der Waals surface area contributed by atoms with Crippen molar-refractivity contribution in [3.8, 4) is 5.75 Å². The van der Waals surface area contributed by atoms with Crippen LogP contribution in [0.1, 0.15) is 23.1 Å². The number of carbonyl (C=O) groups excluding carboxylic acids is 1. The normalized spacial score (nSPS) is 10.5. The van der Waals surface area contributed by atoms with E-state index in [4.69, 9.17) is 27.9 Å². The molecule has 0 fully saturated rings. The lowest BCUT2D eigenvalue weighted by Gasteiger charge is -2.11. The van der Waals surface area contributed by atoms with Crippen molar-refractivity contribution in [2.24, 2.45) is 0 Å². The molecule has 2 aromatic rings. The topological polar surface area (TPSA) is 38.3 Å². The van der Waals surface area contributed by atoms with Crippen molar-refractivity contribution in [2.75, 3.05) is 13.2 Å². The number of nitrogens with one attached hydrogen (secondary N) is 1. The lowest BCUT2D eigenvalue weighted by molar-refractivity contribution is -0.121. The molecule has 0 heterocycles. The molecule has 0 aliphatic rings. The summed E-state index contributed by atoms with van der Waals surface area (Å²) < 4.78 is 5.71. The first-order valence-electron chi connectivity index (χ1n) is 7.86. The molecule has 0 bridgehead atoms. The minimum Gasteiger partial charge on any atom is -0.491 e. The molecule has 0 unspecified atom stereocenters. The van der Waals surface area contributed by atoms with E-state index in [0.717, 1.165) is 22.4 Å². The number of hydrogen-bond donors (Lipinski definition) is 1. The second-order valence-corrected chi connectivity index (χ2v) is 6.53. The zero-order valence-corrected chi connectivity index (χ0v) is 15.4. The molecule has 0 aliphatic heterocycles. The number of aryl methyl sites for hydroxylation is 3. The van der Waals surface area contributed by atoms with Gasteiger partial charge in [0.2, 0.25) is 5.91 Å². The van der Waals surface area contributed by atoms with Gasteiger partial charge in [0.05, 0.1) is 16.6 Å². The fourth-order valence-electron chi connectivity index (χ4n) is 2.26. The molecule has 0 saturated heterocycles. The standard InChI is InChI=1S/C19H21Cl2NO2/c1-13-3-4-14(2)18(11-13)24-10-9-22-19(23)8-6-15-5-7-16(20)17(21)12-15/h3-5,7,11-12H,6,8-10H2,1-2H3,(H,22,23). The fraction of sp³-hybridized carbons (Fsp3) is 0.316. The number of amides is 1. The third-order valence-electron chi connectivity index (χ3n) is 3.65. The van der Waals surface area contributed by atoms with Crippen LogP contribution < -0.4 is 10.1 Å². The van der Waals surface area contributed by atoms with E-state index in [1.54, 1.807) is 12.1 Å². The highest BCUT2D eigenvalue weighted by atomic mass is 35.5. The van der Waals surface area contributed by atoms with Crippen molar-refractivity contribution >= 4 is 29.1 Å².